The Balaban J connectivity index is 2.61. The summed E-state index contributed by atoms with van der Waals surface area (Å²) in [6, 6.07) is 0. The summed E-state index contributed by atoms with van der Waals surface area (Å²) in [4.78, 5) is 14.4. The molecule has 1 heterocycles. The van der Waals surface area contributed by atoms with Gasteiger partial charge in [-0.3, -0.25) is 0 Å². The van der Waals surface area contributed by atoms with E-state index in [1.807, 2.05) is 0 Å². The third kappa shape index (κ3) is 2.29. The Morgan fingerprint density at radius 3 is 3.07 bits per heavy atom. The fourth-order valence-corrected chi connectivity index (χ4v) is 0.869. The van der Waals surface area contributed by atoms with Gasteiger partial charge in [0.05, 0.1) is 6.61 Å². The molecule has 0 spiro atoms. The number of alkyl halides is 1. The maximum atomic E-state index is 13.1. The van der Waals surface area contributed by atoms with Gasteiger partial charge in [-0.15, -0.1) is 0 Å². The molecule has 78 valence electrons. The second-order valence-corrected chi connectivity index (χ2v) is 2.51. The third-order valence-corrected chi connectivity index (χ3v) is 1.54. The van der Waals surface area contributed by atoms with Crippen molar-refractivity contribution in [3.05, 3.63) is 18.4 Å². The average molecular weight is 203 g/mol. The van der Waals surface area contributed by atoms with E-state index in [0.717, 1.165) is 12.7 Å². The minimum Gasteiger partial charge on any atom is -0.464 e. The van der Waals surface area contributed by atoms with Gasteiger partial charge in [0, 0.05) is 0 Å². The first-order chi connectivity index (χ1) is 6.66. The summed E-state index contributed by atoms with van der Waals surface area (Å²) in [5.41, 5.74) is -0.0365. The molecule has 0 aromatic carbocycles. The fraction of sp³-hybridized carbons (Fsp3) is 0.500. The van der Waals surface area contributed by atoms with Crippen molar-refractivity contribution in [1.29, 1.82) is 0 Å². The number of rotatable bonds is 4. The van der Waals surface area contributed by atoms with Crippen molar-refractivity contribution in [2.45, 2.75) is 19.2 Å². The topological polar surface area (TPSA) is 72.6 Å². The maximum Gasteiger partial charge on any atom is 0.343 e. The lowest BCUT2D eigenvalue weighted by Gasteiger charge is -2.11. The zero-order valence-corrected chi connectivity index (χ0v) is 7.51. The van der Waals surface area contributed by atoms with Gasteiger partial charge in [0.1, 0.15) is 18.1 Å². The number of oxazole rings is 1. The van der Waals surface area contributed by atoms with Gasteiger partial charge in [0.2, 0.25) is 6.17 Å². The van der Waals surface area contributed by atoms with E-state index < -0.39 is 18.2 Å². The lowest BCUT2D eigenvalue weighted by Crippen LogP contribution is -2.26. The Kier molecular flexibility index (Phi) is 3.58. The molecular formula is C8H10FNO4. The SMILES string of the molecule is CCOC(=O)[C@H](F)[C@@H](O)c1cocn1. The van der Waals surface area contributed by atoms with Crippen molar-refractivity contribution in [3.8, 4) is 0 Å². The first-order valence-electron chi connectivity index (χ1n) is 4.03. The highest BCUT2D eigenvalue weighted by Crippen LogP contribution is 2.18. The standard InChI is InChI=1S/C8H10FNO4/c1-2-14-8(12)6(9)7(11)5-3-13-4-10-5/h3-4,6-7,11H,2H2,1H3/t6-,7+/m1/s1. The molecule has 0 radical (unpaired) electrons. The van der Waals surface area contributed by atoms with E-state index in [1.54, 1.807) is 6.92 Å². The maximum absolute atomic E-state index is 13.1. The highest BCUT2D eigenvalue weighted by atomic mass is 19.1. The molecule has 0 unspecified atom stereocenters. The molecule has 0 saturated carbocycles. The van der Waals surface area contributed by atoms with Gasteiger partial charge in [0.15, 0.2) is 6.39 Å². The molecule has 2 atom stereocenters. The van der Waals surface area contributed by atoms with Crippen molar-refractivity contribution in [2.75, 3.05) is 6.61 Å². The second kappa shape index (κ2) is 4.71. The molecule has 6 heteroatoms. The normalized spacial score (nSPS) is 14.8. The molecule has 0 aliphatic carbocycles. The first kappa shape index (κ1) is 10.6. The van der Waals surface area contributed by atoms with Crippen molar-refractivity contribution in [1.82, 2.24) is 4.98 Å². The predicted molar refractivity (Wildman–Crippen MR) is 43.0 cm³/mol. The van der Waals surface area contributed by atoms with Crippen LogP contribution in [0.4, 0.5) is 4.39 Å². The lowest BCUT2D eigenvalue weighted by molar-refractivity contribution is -0.153. The number of halogens is 1. The smallest absolute Gasteiger partial charge is 0.343 e. The van der Waals surface area contributed by atoms with Gasteiger partial charge in [0.25, 0.3) is 0 Å². The van der Waals surface area contributed by atoms with Crippen molar-refractivity contribution in [2.24, 2.45) is 0 Å². The monoisotopic (exact) mass is 203 g/mol. The summed E-state index contributed by atoms with van der Waals surface area (Å²) in [6.07, 6.45) is -1.68. The number of ether oxygens (including phenoxy) is 1. The average Bonchev–Trinajstić information content (AvgIpc) is 2.68. The third-order valence-electron chi connectivity index (χ3n) is 1.54. The first-order valence-corrected chi connectivity index (χ1v) is 4.03. The number of aliphatic hydroxyl groups excluding tert-OH is 1. The molecule has 1 aromatic heterocycles. The van der Waals surface area contributed by atoms with Crippen LogP contribution in [0.1, 0.15) is 18.7 Å². The van der Waals surface area contributed by atoms with E-state index in [0.29, 0.717) is 0 Å². The number of aromatic nitrogens is 1. The molecule has 0 fully saturated rings. The van der Waals surface area contributed by atoms with E-state index in [2.05, 4.69) is 14.1 Å². The number of esters is 1. The minimum absolute atomic E-state index is 0.0365. The Labute approximate surface area is 79.5 Å². The van der Waals surface area contributed by atoms with Crippen LogP contribution in [0.2, 0.25) is 0 Å². The largest absolute Gasteiger partial charge is 0.464 e. The molecule has 1 rings (SSSR count). The minimum atomic E-state index is -2.14. The number of carbonyl (C=O) groups is 1. The van der Waals surface area contributed by atoms with Crippen LogP contribution in [0.15, 0.2) is 17.1 Å². The molecule has 5 nitrogen and oxygen atoms in total. The van der Waals surface area contributed by atoms with Crippen LogP contribution in [0.25, 0.3) is 0 Å². The van der Waals surface area contributed by atoms with Crippen molar-refractivity contribution in [3.63, 3.8) is 0 Å². The van der Waals surface area contributed by atoms with Gasteiger partial charge in [-0.1, -0.05) is 0 Å². The van der Waals surface area contributed by atoms with E-state index in [-0.39, 0.29) is 12.3 Å². The van der Waals surface area contributed by atoms with E-state index in [9.17, 15) is 14.3 Å². The number of nitrogens with zero attached hydrogens (tertiary/aromatic N) is 1. The summed E-state index contributed by atoms with van der Waals surface area (Å²) in [7, 11) is 0. The van der Waals surface area contributed by atoms with Gasteiger partial charge >= 0.3 is 5.97 Å². The quantitative estimate of drug-likeness (QED) is 0.726. The van der Waals surface area contributed by atoms with E-state index in [1.165, 1.54) is 0 Å². The molecule has 1 aromatic rings. The van der Waals surface area contributed by atoms with E-state index in [4.69, 9.17) is 0 Å². The zero-order valence-electron chi connectivity index (χ0n) is 7.51. The molecule has 14 heavy (non-hydrogen) atoms. The predicted octanol–water partition coefficient (Wildman–Crippen LogP) is 0.609. The summed E-state index contributed by atoms with van der Waals surface area (Å²) in [5.74, 6) is -1.11. The highest BCUT2D eigenvalue weighted by Gasteiger charge is 2.30. The van der Waals surface area contributed by atoms with Crippen LogP contribution in [0.5, 0.6) is 0 Å². The fourth-order valence-electron chi connectivity index (χ4n) is 0.869. The van der Waals surface area contributed by atoms with Gasteiger partial charge in [-0.25, -0.2) is 14.2 Å². The van der Waals surface area contributed by atoms with Crippen LogP contribution < -0.4 is 0 Å². The van der Waals surface area contributed by atoms with E-state index >= 15 is 0 Å². The van der Waals surface area contributed by atoms with Crippen LogP contribution in [-0.4, -0.2) is 28.8 Å². The van der Waals surface area contributed by atoms with Gasteiger partial charge < -0.3 is 14.3 Å². The van der Waals surface area contributed by atoms with Crippen molar-refractivity contribution < 1.29 is 23.4 Å². The van der Waals surface area contributed by atoms with Gasteiger partial charge in [-0.05, 0) is 6.92 Å². The highest BCUT2D eigenvalue weighted by molar-refractivity contribution is 5.75. The van der Waals surface area contributed by atoms with Crippen LogP contribution in [0.3, 0.4) is 0 Å². The second-order valence-electron chi connectivity index (χ2n) is 2.51. The summed E-state index contributed by atoms with van der Waals surface area (Å²) >= 11 is 0. The Bertz CT molecular complexity index is 288. The lowest BCUT2D eigenvalue weighted by atomic mass is 10.2. The number of hydrogen-bond donors (Lipinski definition) is 1. The van der Waals surface area contributed by atoms with Crippen LogP contribution in [0, 0.1) is 0 Å². The summed E-state index contributed by atoms with van der Waals surface area (Å²) < 4.78 is 22.1. The molecule has 0 aliphatic rings. The molecule has 0 saturated heterocycles. The van der Waals surface area contributed by atoms with Gasteiger partial charge in [-0.2, -0.15) is 0 Å². The summed E-state index contributed by atoms with van der Waals surface area (Å²) in [5, 5.41) is 9.28. The van der Waals surface area contributed by atoms with Crippen LogP contribution in [-0.2, 0) is 9.53 Å². The number of hydrogen-bond acceptors (Lipinski definition) is 5. The Morgan fingerprint density at radius 1 is 1.86 bits per heavy atom. The molecule has 0 amide bonds. The summed E-state index contributed by atoms with van der Waals surface area (Å²) in [6.45, 7) is 1.61. The zero-order chi connectivity index (χ0) is 10.6. The molecule has 0 aliphatic heterocycles. The number of carbonyl (C=O) groups excluding carboxylic acids is 1. The molecule has 1 N–H and O–H groups in total. The van der Waals surface area contributed by atoms with Crippen LogP contribution >= 0.6 is 0 Å². The number of aliphatic hydroxyl groups is 1. The Hall–Kier alpha value is -1.43. The van der Waals surface area contributed by atoms with Crippen molar-refractivity contribution >= 4 is 5.97 Å². The molecule has 0 bridgehead atoms. The Morgan fingerprint density at radius 2 is 2.57 bits per heavy atom. The molecular weight excluding hydrogens is 193 g/mol.